The number of aryl methyl sites for hydroxylation is 1. The quantitative estimate of drug-likeness (QED) is 0.576. The van der Waals surface area contributed by atoms with Crippen LogP contribution in [-0.2, 0) is 23.1 Å². The third-order valence-corrected chi connectivity index (χ3v) is 6.01. The SMILES string of the molecule is [2H]C([2H])([2H])n1c(N2CCOCC2)nc2c(C(C)=N[S@+]([O-])C(C)(C)C)cc(C)cc2c1=O. The van der Waals surface area contributed by atoms with Gasteiger partial charge >= 0.3 is 0 Å². The topological polar surface area (TPSA) is 82.8 Å². The highest BCUT2D eigenvalue weighted by Gasteiger charge is 2.27. The summed E-state index contributed by atoms with van der Waals surface area (Å²) in [5.74, 6) is 0.0793. The summed E-state index contributed by atoms with van der Waals surface area (Å²) in [6, 6.07) is 3.46. The minimum atomic E-state index is -2.69. The number of ether oxygens (including phenoxy) is 1. The average molecular weight is 408 g/mol. The lowest BCUT2D eigenvalue weighted by atomic mass is 10.0. The molecule has 0 saturated carbocycles. The lowest BCUT2D eigenvalue weighted by Crippen LogP contribution is -2.40. The van der Waals surface area contributed by atoms with Crippen molar-refractivity contribution in [1.29, 1.82) is 0 Å². The Morgan fingerprint density at radius 1 is 1.36 bits per heavy atom. The molecule has 1 atom stereocenters. The van der Waals surface area contributed by atoms with E-state index >= 15 is 0 Å². The second-order valence-corrected chi connectivity index (χ2v) is 9.80. The third kappa shape index (κ3) is 4.09. The highest BCUT2D eigenvalue weighted by atomic mass is 32.2. The van der Waals surface area contributed by atoms with Gasteiger partial charge in [-0.25, -0.2) is 4.98 Å². The molecule has 7 nitrogen and oxygen atoms in total. The van der Waals surface area contributed by atoms with Gasteiger partial charge in [-0.05, 0) is 52.3 Å². The van der Waals surface area contributed by atoms with Crippen LogP contribution in [0.3, 0.4) is 0 Å². The maximum Gasteiger partial charge on any atom is 0.262 e. The van der Waals surface area contributed by atoms with E-state index in [0.29, 0.717) is 43.1 Å². The van der Waals surface area contributed by atoms with Gasteiger partial charge in [0.05, 0.1) is 29.8 Å². The smallest absolute Gasteiger partial charge is 0.262 e. The van der Waals surface area contributed by atoms with Crippen LogP contribution in [-0.4, -0.2) is 50.9 Å². The summed E-state index contributed by atoms with van der Waals surface area (Å²) in [5, 5.41) is 0.194. The number of morpholine rings is 1. The average Bonchev–Trinajstić information content (AvgIpc) is 2.66. The van der Waals surface area contributed by atoms with Gasteiger partial charge in [0.2, 0.25) is 5.95 Å². The number of hydrogen-bond donors (Lipinski definition) is 0. The maximum absolute atomic E-state index is 13.4. The molecule has 152 valence electrons. The van der Waals surface area contributed by atoms with Gasteiger partial charge in [0.15, 0.2) is 0 Å². The molecule has 1 aromatic carbocycles. The van der Waals surface area contributed by atoms with Crippen LogP contribution in [0.15, 0.2) is 21.3 Å². The summed E-state index contributed by atoms with van der Waals surface area (Å²) in [6.45, 7) is 8.03. The first-order valence-electron chi connectivity index (χ1n) is 10.7. The number of benzene rings is 1. The normalized spacial score (nSPS) is 19.3. The third-order valence-electron chi connectivity index (χ3n) is 4.53. The van der Waals surface area contributed by atoms with Crippen LogP contribution in [0.4, 0.5) is 5.95 Å². The van der Waals surface area contributed by atoms with E-state index in [9.17, 15) is 9.35 Å². The van der Waals surface area contributed by atoms with Gasteiger partial charge in [0.25, 0.3) is 5.56 Å². The number of rotatable bonds is 3. The predicted octanol–water partition coefficient (Wildman–Crippen LogP) is 2.35. The summed E-state index contributed by atoms with van der Waals surface area (Å²) >= 11 is -1.49. The Morgan fingerprint density at radius 2 is 2.04 bits per heavy atom. The molecular weight excluding hydrogens is 376 g/mol. The van der Waals surface area contributed by atoms with Gasteiger partial charge < -0.3 is 14.2 Å². The van der Waals surface area contributed by atoms with E-state index < -0.39 is 28.6 Å². The van der Waals surface area contributed by atoms with E-state index in [2.05, 4.69) is 9.38 Å². The molecule has 1 aliphatic heterocycles. The molecule has 0 spiro atoms. The molecule has 1 fully saturated rings. The molecule has 0 N–H and O–H groups in total. The molecule has 1 saturated heterocycles. The van der Waals surface area contributed by atoms with Crippen LogP contribution in [0.5, 0.6) is 0 Å². The Hall–Kier alpha value is -1.90. The Kier molecular flexibility index (Phi) is 4.76. The Bertz CT molecular complexity index is 1070. The molecule has 1 aromatic heterocycles. The zero-order valence-corrected chi connectivity index (χ0v) is 17.7. The molecule has 2 aromatic rings. The maximum atomic E-state index is 13.4. The zero-order chi connectivity index (χ0) is 23.1. The van der Waals surface area contributed by atoms with Crippen molar-refractivity contribution in [2.75, 3.05) is 31.2 Å². The Labute approximate surface area is 173 Å². The molecule has 0 bridgehead atoms. The molecule has 0 amide bonds. The Morgan fingerprint density at radius 3 is 2.64 bits per heavy atom. The number of aromatic nitrogens is 2. The van der Waals surface area contributed by atoms with Crippen molar-refractivity contribution in [3.05, 3.63) is 33.6 Å². The van der Waals surface area contributed by atoms with Crippen LogP contribution >= 0.6 is 0 Å². The fourth-order valence-electron chi connectivity index (χ4n) is 2.99. The number of anilines is 1. The van der Waals surface area contributed by atoms with Crippen molar-refractivity contribution < 1.29 is 13.4 Å². The monoisotopic (exact) mass is 407 g/mol. The van der Waals surface area contributed by atoms with E-state index in [0.717, 1.165) is 10.1 Å². The first kappa shape index (κ1) is 17.0. The number of nitrogens with zero attached hydrogens (tertiary/aromatic N) is 4. The largest absolute Gasteiger partial charge is 0.591 e. The van der Waals surface area contributed by atoms with Gasteiger partial charge in [0, 0.05) is 29.7 Å². The van der Waals surface area contributed by atoms with E-state index in [1.54, 1.807) is 17.9 Å². The van der Waals surface area contributed by atoms with E-state index in [-0.39, 0.29) is 11.3 Å². The van der Waals surface area contributed by atoms with Crippen LogP contribution in [0.25, 0.3) is 10.9 Å². The predicted molar refractivity (Wildman–Crippen MR) is 115 cm³/mol. The second kappa shape index (κ2) is 7.85. The van der Waals surface area contributed by atoms with Gasteiger partial charge in [-0.1, -0.05) is 4.40 Å². The van der Waals surface area contributed by atoms with E-state index in [4.69, 9.17) is 8.85 Å². The fourth-order valence-corrected chi connectivity index (χ4v) is 3.61. The molecule has 28 heavy (non-hydrogen) atoms. The lowest BCUT2D eigenvalue weighted by molar-refractivity contribution is 0.121. The van der Waals surface area contributed by atoms with Crippen LogP contribution in [0.1, 0.15) is 42.9 Å². The number of hydrogen-bond acceptors (Lipinski definition) is 6. The van der Waals surface area contributed by atoms with Crippen molar-refractivity contribution in [3.8, 4) is 0 Å². The van der Waals surface area contributed by atoms with Crippen LogP contribution in [0, 0.1) is 6.92 Å². The summed E-state index contributed by atoms with van der Waals surface area (Å²) in [6.07, 6.45) is 0. The molecule has 0 unspecified atom stereocenters. The standard InChI is InChI=1S/C20H28N4O3S/c1-13-11-15(14(2)22-28(26)20(3,4)5)17-16(12-13)18(25)23(6)19(21-17)24-7-9-27-10-8-24/h11-12H,7-10H2,1-6H3/t28-/m1/s1/i6D3. The first-order valence-corrected chi connectivity index (χ1v) is 10.3. The molecule has 3 rings (SSSR count). The summed E-state index contributed by atoms with van der Waals surface area (Å²) in [5.41, 5.74) is 1.52. The summed E-state index contributed by atoms with van der Waals surface area (Å²) < 4.78 is 46.3. The van der Waals surface area contributed by atoms with Crippen LogP contribution in [0.2, 0.25) is 0 Å². The molecule has 8 heteroatoms. The molecule has 0 aliphatic carbocycles. The molecular formula is C20H28N4O3S. The van der Waals surface area contributed by atoms with Gasteiger partial charge in [0.1, 0.15) is 16.1 Å². The minimum absolute atomic E-state index is 0.0793. The molecule has 0 radical (unpaired) electrons. The number of fused-ring (bicyclic) bond motifs is 1. The highest BCUT2D eigenvalue weighted by Crippen LogP contribution is 2.24. The molecule has 2 heterocycles. The van der Waals surface area contributed by atoms with Crippen LogP contribution < -0.4 is 10.5 Å². The van der Waals surface area contributed by atoms with Crippen molar-refractivity contribution in [3.63, 3.8) is 0 Å². The summed E-state index contributed by atoms with van der Waals surface area (Å²) in [7, 11) is 0. The van der Waals surface area contributed by atoms with Crippen molar-refractivity contribution in [1.82, 2.24) is 9.55 Å². The van der Waals surface area contributed by atoms with Crippen molar-refractivity contribution in [2.24, 2.45) is 11.4 Å². The summed E-state index contributed by atoms with van der Waals surface area (Å²) in [4.78, 5) is 19.8. The van der Waals surface area contributed by atoms with E-state index in [1.807, 2.05) is 33.8 Å². The van der Waals surface area contributed by atoms with Crippen molar-refractivity contribution in [2.45, 2.75) is 39.4 Å². The van der Waals surface area contributed by atoms with Gasteiger partial charge in [-0.3, -0.25) is 9.36 Å². The zero-order valence-electron chi connectivity index (χ0n) is 19.9. The van der Waals surface area contributed by atoms with E-state index in [1.165, 1.54) is 0 Å². The second-order valence-electron chi connectivity index (χ2n) is 7.90. The fraction of sp³-hybridized carbons (Fsp3) is 0.550. The minimum Gasteiger partial charge on any atom is -0.591 e. The highest BCUT2D eigenvalue weighted by molar-refractivity contribution is 7.91. The lowest BCUT2D eigenvalue weighted by Gasteiger charge is -2.29. The Balaban J connectivity index is 2.32. The van der Waals surface area contributed by atoms with Gasteiger partial charge in [-0.15, -0.1) is 0 Å². The molecule has 1 aliphatic rings. The first-order chi connectivity index (χ1) is 14.3. The van der Waals surface area contributed by atoms with Crippen molar-refractivity contribution >= 4 is 33.9 Å². The van der Waals surface area contributed by atoms with Gasteiger partial charge in [-0.2, -0.15) is 0 Å².